The number of benzene rings is 2. The van der Waals surface area contributed by atoms with Gasteiger partial charge in [-0.05, 0) is 35.7 Å². The Hall–Kier alpha value is -2.56. The molecule has 1 aliphatic rings. The van der Waals surface area contributed by atoms with Crippen LogP contribution < -0.4 is 4.74 Å². The molecule has 3 aromatic rings. The molecule has 1 atom stereocenters. The molecule has 0 bridgehead atoms. The number of hydrogen-bond donors (Lipinski definition) is 0. The van der Waals surface area contributed by atoms with Gasteiger partial charge in [0.2, 0.25) is 5.90 Å². The van der Waals surface area contributed by atoms with E-state index in [9.17, 15) is 0 Å². The summed E-state index contributed by atoms with van der Waals surface area (Å²) in [4.78, 5) is 8.63. The highest BCUT2D eigenvalue weighted by atomic mass is 35.5. The molecular weight excluding hydrogens is 395 g/mol. The van der Waals surface area contributed by atoms with Crippen LogP contribution in [0.3, 0.4) is 0 Å². The standard InChI is InChI=1S/C22H18Cl2N2O2/c1-2-27-17-9-7-15(8-10-17)14-3-5-16(6-4-14)20-13-28-22(26-20)21-18(23)11-25-12-19(21)24/h3-12,20H,2,13H2,1H3. The molecule has 28 heavy (non-hydrogen) atoms. The van der Waals surface area contributed by atoms with E-state index < -0.39 is 0 Å². The van der Waals surface area contributed by atoms with E-state index in [1.165, 1.54) is 12.4 Å². The fourth-order valence-electron chi connectivity index (χ4n) is 3.11. The number of rotatable bonds is 5. The molecule has 0 radical (unpaired) electrons. The summed E-state index contributed by atoms with van der Waals surface area (Å²) in [5, 5.41) is 0.857. The van der Waals surface area contributed by atoms with Crippen molar-refractivity contribution in [3.05, 3.63) is 82.1 Å². The van der Waals surface area contributed by atoms with Crippen LogP contribution in [0.1, 0.15) is 24.1 Å². The van der Waals surface area contributed by atoms with Crippen LogP contribution in [0, 0.1) is 0 Å². The zero-order valence-electron chi connectivity index (χ0n) is 15.2. The SMILES string of the molecule is CCOc1ccc(-c2ccc(C3COC(c4c(Cl)cncc4Cl)=N3)cc2)cc1. The second-order valence-electron chi connectivity index (χ2n) is 6.32. The number of pyridine rings is 1. The Bertz CT molecular complexity index is 982. The zero-order valence-corrected chi connectivity index (χ0v) is 16.7. The van der Waals surface area contributed by atoms with Crippen LogP contribution in [0.2, 0.25) is 10.0 Å². The molecule has 1 aliphatic heterocycles. The maximum atomic E-state index is 6.21. The lowest BCUT2D eigenvalue weighted by atomic mass is 10.0. The van der Waals surface area contributed by atoms with Gasteiger partial charge >= 0.3 is 0 Å². The smallest absolute Gasteiger partial charge is 0.220 e. The van der Waals surface area contributed by atoms with Gasteiger partial charge in [0.15, 0.2) is 0 Å². The Morgan fingerprint density at radius 3 is 2.18 bits per heavy atom. The summed E-state index contributed by atoms with van der Waals surface area (Å²) < 4.78 is 11.3. The predicted molar refractivity (Wildman–Crippen MR) is 113 cm³/mol. The number of halogens is 2. The van der Waals surface area contributed by atoms with Gasteiger partial charge in [0, 0.05) is 12.4 Å². The predicted octanol–water partition coefficient (Wildman–Crippen LogP) is 5.97. The van der Waals surface area contributed by atoms with Gasteiger partial charge in [0.1, 0.15) is 18.4 Å². The van der Waals surface area contributed by atoms with E-state index in [1.807, 2.05) is 19.1 Å². The second kappa shape index (κ2) is 8.21. The molecule has 0 saturated heterocycles. The fourth-order valence-corrected chi connectivity index (χ4v) is 3.63. The molecule has 142 valence electrons. The van der Waals surface area contributed by atoms with Crippen molar-refractivity contribution in [2.75, 3.05) is 13.2 Å². The quantitative estimate of drug-likeness (QED) is 0.518. The van der Waals surface area contributed by atoms with Crippen LogP contribution in [-0.4, -0.2) is 24.1 Å². The molecule has 1 aromatic heterocycles. The number of ether oxygens (including phenoxy) is 2. The summed E-state index contributed by atoms with van der Waals surface area (Å²) in [5.74, 6) is 1.33. The molecular formula is C22H18Cl2N2O2. The van der Waals surface area contributed by atoms with E-state index in [0.717, 1.165) is 22.4 Å². The summed E-state index contributed by atoms with van der Waals surface area (Å²) in [6, 6.07) is 16.3. The van der Waals surface area contributed by atoms with Crippen molar-refractivity contribution in [1.29, 1.82) is 0 Å². The molecule has 0 aliphatic carbocycles. The van der Waals surface area contributed by atoms with Gasteiger partial charge in [0.05, 0.1) is 22.2 Å². The van der Waals surface area contributed by atoms with Crippen molar-refractivity contribution in [2.24, 2.45) is 4.99 Å². The third-order valence-corrected chi connectivity index (χ3v) is 5.09. The molecule has 0 N–H and O–H groups in total. The Morgan fingerprint density at radius 2 is 1.57 bits per heavy atom. The van der Waals surface area contributed by atoms with Gasteiger partial charge in [0.25, 0.3) is 0 Å². The van der Waals surface area contributed by atoms with Crippen LogP contribution in [0.5, 0.6) is 5.75 Å². The topological polar surface area (TPSA) is 43.7 Å². The average Bonchev–Trinajstić information content (AvgIpc) is 3.19. The van der Waals surface area contributed by atoms with E-state index in [0.29, 0.717) is 34.7 Å². The first-order valence-electron chi connectivity index (χ1n) is 8.99. The van der Waals surface area contributed by atoms with Gasteiger partial charge in [-0.25, -0.2) is 4.99 Å². The lowest BCUT2D eigenvalue weighted by Gasteiger charge is -2.08. The summed E-state index contributed by atoms with van der Waals surface area (Å²) in [6.45, 7) is 3.09. The molecule has 0 amide bonds. The Kier molecular flexibility index (Phi) is 5.51. The van der Waals surface area contributed by atoms with Gasteiger partial charge in [-0.1, -0.05) is 59.6 Å². The highest BCUT2D eigenvalue weighted by Crippen LogP contribution is 2.32. The van der Waals surface area contributed by atoms with E-state index >= 15 is 0 Å². The van der Waals surface area contributed by atoms with Gasteiger partial charge in [-0.15, -0.1) is 0 Å². The van der Waals surface area contributed by atoms with E-state index in [2.05, 4.69) is 46.4 Å². The molecule has 4 nitrogen and oxygen atoms in total. The largest absolute Gasteiger partial charge is 0.494 e. The van der Waals surface area contributed by atoms with Crippen molar-refractivity contribution in [3.63, 3.8) is 0 Å². The van der Waals surface area contributed by atoms with Crippen molar-refractivity contribution >= 4 is 29.1 Å². The van der Waals surface area contributed by atoms with Crippen molar-refractivity contribution in [2.45, 2.75) is 13.0 Å². The van der Waals surface area contributed by atoms with Crippen molar-refractivity contribution in [1.82, 2.24) is 4.98 Å². The minimum atomic E-state index is -0.0929. The molecule has 0 fully saturated rings. The summed E-state index contributed by atoms with van der Waals surface area (Å²) in [6.07, 6.45) is 3.07. The van der Waals surface area contributed by atoms with E-state index in [-0.39, 0.29) is 6.04 Å². The highest BCUT2D eigenvalue weighted by molar-refractivity contribution is 6.39. The third-order valence-electron chi connectivity index (χ3n) is 4.51. The van der Waals surface area contributed by atoms with Crippen LogP contribution in [0.4, 0.5) is 0 Å². The van der Waals surface area contributed by atoms with Crippen molar-refractivity contribution in [3.8, 4) is 16.9 Å². The van der Waals surface area contributed by atoms with Gasteiger partial charge in [-0.3, -0.25) is 4.98 Å². The van der Waals surface area contributed by atoms with Crippen molar-refractivity contribution < 1.29 is 9.47 Å². The van der Waals surface area contributed by atoms with Crippen LogP contribution in [0.15, 0.2) is 65.9 Å². The lowest BCUT2D eigenvalue weighted by Crippen LogP contribution is -2.03. The highest BCUT2D eigenvalue weighted by Gasteiger charge is 2.25. The molecule has 4 rings (SSSR count). The maximum absolute atomic E-state index is 6.21. The molecule has 2 heterocycles. The molecule has 1 unspecified atom stereocenters. The number of aliphatic imine (C=N–C) groups is 1. The molecule has 6 heteroatoms. The maximum Gasteiger partial charge on any atom is 0.220 e. The normalized spacial score (nSPS) is 15.8. The first-order valence-corrected chi connectivity index (χ1v) is 9.74. The second-order valence-corrected chi connectivity index (χ2v) is 7.13. The first kappa shape index (κ1) is 18.8. The van der Waals surface area contributed by atoms with E-state index in [4.69, 9.17) is 32.7 Å². The van der Waals surface area contributed by atoms with Crippen LogP contribution in [0.25, 0.3) is 11.1 Å². The number of aromatic nitrogens is 1. The third kappa shape index (κ3) is 3.84. The Labute approximate surface area is 173 Å². The van der Waals surface area contributed by atoms with Gasteiger partial charge in [-0.2, -0.15) is 0 Å². The lowest BCUT2D eigenvalue weighted by molar-refractivity contribution is 0.320. The fraction of sp³-hybridized carbons (Fsp3) is 0.182. The molecule has 2 aromatic carbocycles. The van der Waals surface area contributed by atoms with Crippen LogP contribution in [-0.2, 0) is 4.74 Å². The monoisotopic (exact) mass is 412 g/mol. The first-order chi connectivity index (χ1) is 13.7. The van der Waals surface area contributed by atoms with E-state index in [1.54, 1.807) is 0 Å². The summed E-state index contributed by atoms with van der Waals surface area (Å²) >= 11 is 12.4. The minimum absolute atomic E-state index is 0.0929. The number of nitrogens with zero attached hydrogens (tertiary/aromatic N) is 2. The Balaban J connectivity index is 1.54. The summed E-state index contributed by atoms with van der Waals surface area (Å²) in [7, 11) is 0. The molecule has 0 saturated carbocycles. The van der Waals surface area contributed by atoms with Gasteiger partial charge < -0.3 is 9.47 Å². The number of hydrogen-bond acceptors (Lipinski definition) is 4. The Morgan fingerprint density at radius 1 is 0.964 bits per heavy atom. The minimum Gasteiger partial charge on any atom is -0.494 e. The zero-order chi connectivity index (χ0) is 19.5. The average molecular weight is 413 g/mol. The summed E-state index contributed by atoms with van der Waals surface area (Å²) in [5.41, 5.74) is 3.94. The van der Waals surface area contributed by atoms with Crippen LogP contribution >= 0.6 is 23.2 Å². The molecule has 0 spiro atoms.